The van der Waals surface area contributed by atoms with Crippen LogP contribution in [0.25, 0.3) is 0 Å². The molecule has 0 saturated carbocycles. The molecule has 144 valence electrons. The van der Waals surface area contributed by atoms with Gasteiger partial charge in [0.25, 0.3) is 5.91 Å². The van der Waals surface area contributed by atoms with Crippen molar-refractivity contribution in [1.29, 1.82) is 0 Å². The standard InChI is InChI=1S/C18H17ClF3N3O2/c19-14-4-5-16(23-11-14)24-6-8-25(9-7-24)17(26)12-27-15-3-1-2-13(10-15)18(20,21)22/h1-5,10-11H,6-9,12H2. The number of hydrogen-bond acceptors (Lipinski definition) is 4. The Morgan fingerprint density at radius 3 is 2.52 bits per heavy atom. The molecule has 0 aliphatic carbocycles. The van der Waals surface area contributed by atoms with Crippen molar-refractivity contribution in [2.45, 2.75) is 6.18 Å². The monoisotopic (exact) mass is 399 g/mol. The van der Waals surface area contributed by atoms with Crippen molar-refractivity contribution < 1.29 is 22.7 Å². The number of carbonyl (C=O) groups excluding carboxylic acids is 1. The van der Waals surface area contributed by atoms with Gasteiger partial charge >= 0.3 is 6.18 Å². The largest absolute Gasteiger partial charge is 0.484 e. The minimum atomic E-state index is -4.45. The van der Waals surface area contributed by atoms with Gasteiger partial charge in [-0.25, -0.2) is 4.98 Å². The highest BCUT2D eigenvalue weighted by molar-refractivity contribution is 6.30. The van der Waals surface area contributed by atoms with Crippen LogP contribution in [0.3, 0.4) is 0 Å². The summed E-state index contributed by atoms with van der Waals surface area (Å²) in [5.41, 5.74) is -0.809. The number of alkyl halides is 3. The molecule has 0 unspecified atom stereocenters. The van der Waals surface area contributed by atoms with Crippen LogP contribution in [0, 0.1) is 0 Å². The molecule has 2 heterocycles. The number of hydrogen-bond donors (Lipinski definition) is 0. The van der Waals surface area contributed by atoms with Gasteiger partial charge in [0, 0.05) is 32.4 Å². The molecule has 9 heteroatoms. The average molecular weight is 400 g/mol. The molecule has 0 spiro atoms. The summed E-state index contributed by atoms with van der Waals surface area (Å²) in [5, 5.41) is 0.555. The van der Waals surface area contributed by atoms with Crippen molar-refractivity contribution in [3.63, 3.8) is 0 Å². The summed E-state index contributed by atoms with van der Waals surface area (Å²) >= 11 is 5.83. The quantitative estimate of drug-likeness (QED) is 0.789. The fourth-order valence-electron chi connectivity index (χ4n) is 2.74. The van der Waals surface area contributed by atoms with Crippen LogP contribution in [0.15, 0.2) is 42.6 Å². The number of halogens is 4. The van der Waals surface area contributed by atoms with Crippen LogP contribution in [0.5, 0.6) is 5.75 Å². The molecule has 1 aromatic carbocycles. The molecule has 0 bridgehead atoms. The Morgan fingerprint density at radius 2 is 1.89 bits per heavy atom. The van der Waals surface area contributed by atoms with E-state index in [4.69, 9.17) is 16.3 Å². The molecular formula is C18H17ClF3N3O2. The minimum absolute atomic E-state index is 0.0159. The van der Waals surface area contributed by atoms with Crippen LogP contribution in [0.1, 0.15) is 5.56 Å². The van der Waals surface area contributed by atoms with Crippen LogP contribution in [0.2, 0.25) is 5.02 Å². The number of benzene rings is 1. The van der Waals surface area contributed by atoms with E-state index >= 15 is 0 Å². The molecule has 1 amide bonds. The lowest BCUT2D eigenvalue weighted by Gasteiger charge is -2.35. The first kappa shape index (κ1) is 19.3. The van der Waals surface area contributed by atoms with Crippen molar-refractivity contribution in [3.05, 3.63) is 53.2 Å². The maximum atomic E-state index is 12.7. The molecule has 3 rings (SSSR count). The van der Waals surface area contributed by atoms with E-state index in [1.165, 1.54) is 12.1 Å². The van der Waals surface area contributed by atoms with Crippen LogP contribution in [-0.4, -0.2) is 48.6 Å². The highest BCUT2D eigenvalue weighted by atomic mass is 35.5. The molecule has 1 aliphatic heterocycles. The maximum absolute atomic E-state index is 12.7. The Bertz CT molecular complexity index is 791. The predicted molar refractivity (Wildman–Crippen MR) is 95.0 cm³/mol. The van der Waals surface area contributed by atoms with Gasteiger partial charge in [-0.1, -0.05) is 17.7 Å². The number of amides is 1. The zero-order valence-electron chi connectivity index (χ0n) is 14.2. The van der Waals surface area contributed by atoms with Crippen molar-refractivity contribution in [3.8, 4) is 5.75 Å². The summed E-state index contributed by atoms with van der Waals surface area (Å²) in [6.07, 6.45) is -2.88. The highest BCUT2D eigenvalue weighted by Gasteiger charge is 2.30. The van der Waals surface area contributed by atoms with Gasteiger partial charge in [-0.2, -0.15) is 13.2 Å². The Hall–Kier alpha value is -2.48. The van der Waals surface area contributed by atoms with Crippen molar-refractivity contribution >= 4 is 23.3 Å². The molecule has 1 fully saturated rings. The van der Waals surface area contributed by atoms with E-state index in [1.54, 1.807) is 17.2 Å². The minimum Gasteiger partial charge on any atom is -0.484 e. The van der Waals surface area contributed by atoms with Gasteiger partial charge in [0.1, 0.15) is 11.6 Å². The van der Waals surface area contributed by atoms with Gasteiger partial charge in [-0.15, -0.1) is 0 Å². The van der Waals surface area contributed by atoms with E-state index < -0.39 is 11.7 Å². The van der Waals surface area contributed by atoms with E-state index in [0.717, 1.165) is 18.0 Å². The van der Waals surface area contributed by atoms with Crippen LogP contribution in [0.4, 0.5) is 19.0 Å². The van der Waals surface area contributed by atoms with Crippen LogP contribution >= 0.6 is 11.6 Å². The first-order valence-corrected chi connectivity index (χ1v) is 8.65. The van der Waals surface area contributed by atoms with Gasteiger partial charge in [0.2, 0.25) is 0 Å². The van der Waals surface area contributed by atoms with Gasteiger partial charge in [-0.3, -0.25) is 4.79 Å². The second kappa shape index (κ2) is 8.04. The predicted octanol–water partition coefficient (Wildman–Crippen LogP) is 3.48. The zero-order chi connectivity index (χ0) is 19.4. The number of piperazine rings is 1. The van der Waals surface area contributed by atoms with Gasteiger partial charge in [-0.05, 0) is 30.3 Å². The lowest BCUT2D eigenvalue weighted by Crippen LogP contribution is -2.50. The fraction of sp³-hybridized carbons (Fsp3) is 0.333. The van der Waals surface area contributed by atoms with Gasteiger partial charge in [0.05, 0.1) is 10.6 Å². The summed E-state index contributed by atoms with van der Waals surface area (Å²) in [4.78, 5) is 20.2. The van der Waals surface area contributed by atoms with E-state index in [-0.39, 0.29) is 18.3 Å². The van der Waals surface area contributed by atoms with E-state index in [9.17, 15) is 18.0 Å². The fourth-order valence-corrected chi connectivity index (χ4v) is 2.85. The van der Waals surface area contributed by atoms with Crippen molar-refractivity contribution in [2.24, 2.45) is 0 Å². The average Bonchev–Trinajstić information content (AvgIpc) is 2.66. The van der Waals surface area contributed by atoms with E-state index in [1.807, 2.05) is 11.0 Å². The molecule has 27 heavy (non-hydrogen) atoms. The highest BCUT2D eigenvalue weighted by Crippen LogP contribution is 2.31. The Balaban J connectivity index is 1.51. The Morgan fingerprint density at radius 1 is 1.15 bits per heavy atom. The maximum Gasteiger partial charge on any atom is 0.416 e. The first-order valence-electron chi connectivity index (χ1n) is 8.27. The van der Waals surface area contributed by atoms with Crippen LogP contribution in [-0.2, 0) is 11.0 Å². The number of anilines is 1. The van der Waals surface area contributed by atoms with E-state index in [2.05, 4.69) is 4.98 Å². The summed E-state index contributed by atoms with van der Waals surface area (Å²) in [6.45, 7) is 1.86. The second-order valence-electron chi connectivity index (χ2n) is 6.02. The number of carbonyl (C=O) groups is 1. The smallest absolute Gasteiger partial charge is 0.416 e. The van der Waals surface area contributed by atoms with Gasteiger partial charge in [0.15, 0.2) is 6.61 Å². The number of nitrogens with zero attached hydrogens (tertiary/aromatic N) is 3. The summed E-state index contributed by atoms with van der Waals surface area (Å²) in [7, 11) is 0. The third-order valence-electron chi connectivity index (χ3n) is 4.19. The SMILES string of the molecule is O=C(COc1cccc(C(F)(F)F)c1)N1CCN(c2ccc(Cl)cn2)CC1. The molecule has 0 atom stereocenters. The summed E-state index contributed by atoms with van der Waals surface area (Å²) in [6, 6.07) is 8.06. The van der Waals surface area contributed by atoms with Gasteiger partial charge < -0.3 is 14.5 Å². The molecule has 0 N–H and O–H groups in total. The molecule has 1 aromatic heterocycles. The summed E-state index contributed by atoms with van der Waals surface area (Å²) < 4.78 is 43.4. The van der Waals surface area contributed by atoms with E-state index in [0.29, 0.717) is 31.2 Å². The van der Waals surface area contributed by atoms with Crippen molar-refractivity contribution in [1.82, 2.24) is 9.88 Å². The zero-order valence-corrected chi connectivity index (χ0v) is 15.0. The lowest BCUT2D eigenvalue weighted by molar-refractivity contribution is -0.137. The van der Waals surface area contributed by atoms with Crippen LogP contribution < -0.4 is 9.64 Å². The normalized spacial score (nSPS) is 15.0. The molecule has 5 nitrogen and oxygen atoms in total. The molecule has 0 radical (unpaired) electrons. The lowest BCUT2D eigenvalue weighted by atomic mass is 10.2. The molecule has 1 aliphatic rings. The Kier molecular flexibility index (Phi) is 5.74. The number of rotatable bonds is 4. The van der Waals surface area contributed by atoms with Crippen molar-refractivity contribution in [2.75, 3.05) is 37.7 Å². The number of aromatic nitrogens is 1. The third-order valence-corrected chi connectivity index (χ3v) is 4.42. The topological polar surface area (TPSA) is 45.7 Å². The third kappa shape index (κ3) is 5.03. The number of pyridine rings is 1. The Labute approximate surface area is 159 Å². The number of ether oxygens (including phenoxy) is 1. The molecular weight excluding hydrogens is 383 g/mol. The molecule has 1 saturated heterocycles. The summed E-state index contributed by atoms with van der Waals surface area (Å²) in [5.74, 6) is 0.532. The first-order chi connectivity index (χ1) is 12.8. The molecule has 2 aromatic rings. The second-order valence-corrected chi connectivity index (χ2v) is 6.45.